The van der Waals surface area contributed by atoms with Gasteiger partial charge in [0.15, 0.2) is 16.9 Å². The topological polar surface area (TPSA) is 91.8 Å². The molecule has 0 saturated heterocycles. The highest BCUT2D eigenvalue weighted by molar-refractivity contribution is 6.29. The van der Waals surface area contributed by atoms with Crippen molar-refractivity contribution in [2.45, 2.75) is 26.8 Å². The fourth-order valence-corrected chi connectivity index (χ4v) is 3.76. The van der Waals surface area contributed by atoms with Crippen molar-refractivity contribution >= 4 is 28.3 Å². The summed E-state index contributed by atoms with van der Waals surface area (Å²) in [5.41, 5.74) is 2.98. The Hall–Kier alpha value is -3.76. The number of anilines is 1. The molecule has 0 radical (unpaired) electrons. The van der Waals surface area contributed by atoms with Gasteiger partial charge in [0.2, 0.25) is 0 Å². The molecule has 160 valence electrons. The highest BCUT2D eigenvalue weighted by Crippen LogP contribution is 2.32. The van der Waals surface area contributed by atoms with Crippen molar-refractivity contribution in [3.05, 3.63) is 86.2 Å². The van der Waals surface area contributed by atoms with Crippen LogP contribution >= 0.6 is 11.6 Å². The van der Waals surface area contributed by atoms with E-state index >= 15 is 0 Å². The average Bonchev–Trinajstić information content (AvgIpc) is 2.77. The standard InChI is InChI=1S/C24H18ClFN4O2/c1-12-8-16(14(3)29-18-4-5-21(25)30-20(18)11-27)24-17(9-12)22(31)13(2)23(32-24)19-10-15(26)6-7-28-19/h4-10,14,29H,1-3H3. The molecule has 0 amide bonds. The fraction of sp³-hybridized carbons (Fsp3) is 0.167. The highest BCUT2D eigenvalue weighted by atomic mass is 35.5. The predicted molar refractivity (Wildman–Crippen MR) is 121 cm³/mol. The lowest BCUT2D eigenvalue weighted by molar-refractivity contribution is 0.597. The first-order valence-electron chi connectivity index (χ1n) is 9.81. The van der Waals surface area contributed by atoms with Gasteiger partial charge in [-0.05, 0) is 50.6 Å². The molecule has 0 spiro atoms. The molecule has 4 rings (SSSR count). The van der Waals surface area contributed by atoms with E-state index in [-0.39, 0.29) is 33.8 Å². The summed E-state index contributed by atoms with van der Waals surface area (Å²) in [5.74, 6) is -0.263. The molecule has 6 nitrogen and oxygen atoms in total. The van der Waals surface area contributed by atoms with Gasteiger partial charge in [-0.1, -0.05) is 17.7 Å². The minimum absolute atomic E-state index is 0.156. The van der Waals surface area contributed by atoms with Gasteiger partial charge < -0.3 is 9.73 Å². The molecule has 0 saturated carbocycles. The number of aromatic nitrogens is 2. The number of aryl methyl sites for hydroxylation is 1. The maximum absolute atomic E-state index is 13.8. The summed E-state index contributed by atoms with van der Waals surface area (Å²) in [7, 11) is 0. The smallest absolute Gasteiger partial charge is 0.196 e. The molecule has 4 aromatic rings. The van der Waals surface area contributed by atoms with Crippen molar-refractivity contribution in [2.24, 2.45) is 0 Å². The van der Waals surface area contributed by atoms with Crippen LogP contribution in [0.25, 0.3) is 22.4 Å². The van der Waals surface area contributed by atoms with Gasteiger partial charge in [0.1, 0.15) is 28.3 Å². The van der Waals surface area contributed by atoms with Crippen LogP contribution in [0.5, 0.6) is 0 Å². The first-order valence-corrected chi connectivity index (χ1v) is 10.2. The number of hydrogen-bond acceptors (Lipinski definition) is 6. The van der Waals surface area contributed by atoms with Gasteiger partial charge in [0, 0.05) is 23.4 Å². The number of fused-ring (bicyclic) bond motifs is 1. The van der Waals surface area contributed by atoms with E-state index in [0.29, 0.717) is 27.8 Å². The van der Waals surface area contributed by atoms with E-state index in [9.17, 15) is 14.4 Å². The molecule has 3 heterocycles. The third kappa shape index (κ3) is 3.93. The van der Waals surface area contributed by atoms with Crippen LogP contribution in [-0.4, -0.2) is 9.97 Å². The van der Waals surface area contributed by atoms with Crippen molar-refractivity contribution in [3.63, 3.8) is 0 Å². The second kappa shape index (κ2) is 8.40. The number of halogens is 2. The molecule has 0 aliphatic heterocycles. The van der Waals surface area contributed by atoms with Gasteiger partial charge in [-0.15, -0.1) is 0 Å². The van der Waals surface area contributed by atoms with Gasteiger partial charge in [-0.25, -0.2) is 9.37 Å². The summed E-state index contributed by atoms with van der Waals surface area (Å²) >= 11 is 5.89. The summed E-state index contributed by atoms with van der Waals surface area (Å²) in [5, 5.41) is 13.3. The quantitative estimate of drug-likeness (QED) is 0.402. The lowest BCUT2D eigenvalue weighted by Gasteiger charge is -2.19. The van der Waals surface area contributed by atoms with Crippen LogP contribution in [0, 0.1) is 31.0 Å². The summed E-state index contributed by atoms with van der Waals surface area (Å²) in [6.45, 7) is 5.40. The zero-order valence-corrected chi connectivity index (χ0v) is 18.3. The van der Waals surface area contributed by atoms with E-state index in [1.807, 2.05) is 26.0 Å². The molecular weight excluding hydrogens is 431 g/mol. The van der Waals surface area contributed by atoms with Gasteiger partial charge in [0.25, 0.3) is 0 Å². The maximum Gasteiger partial charge on any atom is 0.196 e. The van der Waals surface area contributed by atoms with Crippen molar-refractivity contribution < 1.29 is 8.81 Å². The summed E-state index contributed by atoms with van der Waals surface area (Å²) in [6.07, 6.45) is 1.32. The first-order chi connectivity index (χ1) is 15.3. The van der Waals surface area contributed by atoms with Crippen LogP contribution in [0.4, 0.5) is 10.1 Å². The van der Waals surface area contributed by atoms with E-state index in [1.165, 1.54) is 18.3 Å². The Labute approximate surface area is 188 Å². The predicted octanol–water partition coefficient (Wildman–Crippen LogP) is 5.70. The van der Waals surface area contributed by atoms with E-state index < -0.39 is 5.82 Å². The van der Waals surface area contributed by atoms with E-state index in [4.69, 9.17) is 16.0 Å². The van der Waals surface area contributed by atoms with Gasteiger partial charge in [-0.2, -0.15) is 5.26 Å². The molecule has 0 aliphatic rings. The van der Waals surface area contributed by atoms with E-state index in [0.717, 1.165) is 5.56 Å². The van der Waals surface area contributed by atoms with Crippen LogP contribution in [0.2, 0.25) is 5.15 Å². The van der Waals surface area contributed by atoms with Crippen molar-refractivity contribution in [2.75, 3.05) is 5.32 Å². The van der Waals surface area contributed by atoms with E-state index in [1.54, 1.807) is 25.1 Å². The van der Waals surface area contributed by atoms with Gasteiger partial charge >= 0.3 is 0 Å². The number of rotatable bonds is 4. The molecule has 3 aromatic heterocycles. The Morgan fingerprint density at radius 3 is 2.72 bits per heavy atom. The number of nitrogens with zero attached hydrogens (tertiary/aromatic N) is 3. The fourth-order valence-electron chi connectivity index (χ4n) is 3.61. The number of hydrogen-bond donors (Lipinski definition) is 1. The van der Waals surface area contributed by atoms with E-state index in [2.05, 4.69) is 15.3 Å². The largest absolute Gasteiger partial charge is 0.454 e. The third-order valence-electron chi connectivity index (χ3n) is 5.15. The molecule has 32 heavy (non-hydrogen) atoms. The Kier molecular flexibility index (Phi) is 5.64. The third-order valence-corrected chi connectivity index (χ3v) is 5.36. The maximum atomic E-state index is 13.8. The van der Waals surface area contributed by atoms with Crippen molar-refractivity contribution in [3.8, 4) is 17.5 Å². The Bertz CT molecular complexity index is 1460. The number of nitrogens with one attached hydrogen (secondary N) is 1. The normalized spacial score (nSPS) is 11.9. The number of pyridine rings is 2. The zero-order chi connectivity index (χ0) is 23.0. The minimum atomic E-state index is -0.476. The first kappa shape index (κ1) is 21.5. The van der Waals surface area contributed by atoms with Crippen molar-refractivity contribution in [1.82, 2.24) is 9.97 Å². The highest BCUT2D eigenvalue weighted by Gasteiger charge is 2.20. The molecule has 8 heteroatoms. The van der Waals surface area contributed by atoms with Crippen LogP contribution < -0.4 is 10.7 Å². The summed E-state index contributed by atoms with van der Waals surface area (Å²) < 4.78 is 20.0. The van der Waals surface area contributed by atoms with Crippen LogP contribution in [0.1, 0.15) is 35.3 Å². The second-order valence-corrected chi connectivity index (χ2v) is 7.87. The Balaban J connectivity index is 1.90. The Morgan fingerprint density at radius 2 is 2.00 bits per heavy atom. The lowest BCUT2D eigenvalue weighted by Crippen LogP contribution is -2.13. The summed E-state index contributed by atoms with van der Waals surface area (Å²) in [4.78, 5) is 21.4. The van der Waals surface area contributed by atoms with Crippen LogP contribution in [0.3, 0.4) is 0 Å². The van der Waals surface area contributed by atoms with Crippen LogP contribution in [-0.2, 0) is 0 Å². The molecule has 1 aromatic carbocycles. The molecule has 1 unspecified atom stereocenters. The van der Waals surface area contributed by atoms with Gasteiger partial charge in [-0.3, -0.25) is 9.78 Å². The Morgan fingerprint density at radius 1 is 1.22 bits per heavy atom. The SMILES string of the molecule is Cc1cc(C(C)Nc2ccc(Cl)nc2C#N)c2oc(-c3cc(F)ccn3)c(C)c(=O)c2c1. The second-order valence-electron chi connectivity index (χ2n) is 7.48. The van der Waals surface area contributed by atoms with Gasteiger partial charge in [0.05, 0.1) is 17.1 Å². The number of benzene rings is 1. The molecule has 0 fully saturated rings. The molecule has 1 atom stereocenters. The van der Waals surface area contributed by atoms with Crippen LogP contribution in [0.15, 0.2) is 51.8 Å². The zero-order valence-electron chi connectivity index (χ0n) is 17.5. The molecule has 0 bridgehead atoms. The van der Waals surface area contributed by atoms with Crippen molar-refractivity contribution in [1.29, 1.82) is 5.26 Å². The monoisotopic (exact) mass is 448 g/mol. The number of nitriles is 1. The average molecular weight is 449 g/mol. The molecular formula is C24H18ClFN4O2. The minimum Gasteiger partial charge on any atom is -0.454 e. The molecule has 1 N–H and O–H groups in total. The lowest BCUT2D eigenvalue weighted by atomic mass is 9.99. The molecule has 0 aliphatic carbocycles. The summed E-state index contributed by atoms with van der Waals surface area (Å²) in [6, 6.07) is 11.0.